The Balaban J connectivity index is 2.11. The third-order valence-electron chi connectivity index (χ3n) is 4.37. The second-order valence-electron chi connectivity index (χ2n) is 6.69. The maximum Gasteiger partial charge on any atom is 0.0253 e. The van der Waals surface area contributed by atoms with Gasteiger partial charge in [-0.1, -0.05) is 63.3 Å². The van der Waals surface area contributed by atoms with Crippen LogP contribution in [0.5, 0.6) is 0 Å². The first kappa shape index (κ1) is 17.5. The van der Waals surface area contributed by atoms with Crippen LogP contribution in [-0.4, -0.2) is 6.21 Å². The number of benzene rings is 1. The van der Waals surface area contributed by atoms with Crippen molar-refractivity contribution in [3.8, 4) is 0 Å². The van der Waals surface area contributed by atoms with Crippen molar-refractivity contribution in [3.05, 3.63) is 64.8 Å². The highest BCUT2D eigenvalue weighted by Crippen LogP contribution is 2.26. The molecule has 1 nitrogen and oxygen atoms in total. The van der Waals surface area contributed by atoms with E-state index in [1.807, 2.05) is 0 Å². The van der Waals surface area contributed by atoms with E-state index < -0.39 is 0 Å². The fraction of sp³-hybridized carbons (Fsp3) is 0.409. The molecule has 0 atom stereocenters. The van der Waals surface area contributed by atoms with E-state index >= 15 is 0 Å². The van der Waals surface area contributed by atoms with Gasteiger partial charge in [-0.2, -0.15) is 0 Å². The standard InChI is InChI=1S/C22H29N/c1-4-19-7-5-6-8-20(19)13-14-22(16-23)21-11-9-18(10-12-21)15-17(2)3/h7-12,14,16-17,23H,4-6,13,15H2,1-3H3/b22-14+,23-16?. The topological polar surface area (TPSA) is 23.9 Å². The third-order valence-corrected chi connectivity index (χ3v) is 4.37. The largest absolute Gasteiger partial charge is 0.308 e. The first-order valence-corrected chi connectivity index (χ1v) is 8.82. The average Bonchev–Trinajstić information content (AvgIpc) is 2.56. The minimum atomic E-state index is 0.677. The molecule has 0 radical (unpaired) electrons. The summed E-state index contributed by atoms with van der Waals surface area (Å²) in [6, 6.07) is 8.70. The lowest BCUT2D eigenvalue weighted by atomic mass is 9.92. The van der Waals surface area contributed by atoms with Crippen LogP contribution in [-0.2, 0) is 6.42 Å². The molecule has 1 aromatic carbocycles. The Hall–Kier alpha value is -1.89. The zero-order valence-electron chi connectivity index (χ0n) is 14.7. The predicted octanol–water partition coefficient (Wildman–Crippen LogP) is 6.36. The summed E-state index contributed by atoms with van der Waals surface area (Å²) in [5.41, 5.74) is 6.45. The Morgan fingerprint density at radius 2 is 1.74 bits per heavy atom. The molecule has 1 aliphatic carbocycles. The summed E-state index contributed by atoms with van der Waals surface area (Å²) in [5, 5.41) is 7.75. The zero-order chi connectivity index (χ0) is 16.7. The summed E-state index contributed by atoms with van der Waals surface area (Å²) < 4.78 is 0. The van der Waals surface area contributed by atoms with Crippen molar-refractivity contribution in [3.63, 3.8) is 0 Å². The van der Waals surface area contributed by atoms with Crippen LogP contribution in [0.1, 0.15) is 57.6 Å². The monoisotopic (exact) mass is 307 g/mol. The SMILES string of the molecule is CCC1=CCCC=C1C/C=C(\C=N)c1ccc(CC(C)C)cc1. The molecular weight excluding hydrogens is 278 g/mol. The molecule has 23 heavy (non-hydrogen) atoms. The molecule has 0 unspecified atom stereocenters. The fourth-order valence-corrected chi connectivity index (χ4v) is 3.15. The van der Waals surface area contributed by atoms with Crippen LogP contribution < -0.4 is 0 Å². The molecule has 0 fully saturated rings. The van der Waals surface area contributed by atoms with Crippen molar-refractivity contribution >= 4 is 11.8 Å². The Bertz CT molecular complexity index is 612. The quantitative estimate of drug-likeness (QED) is 0.566. The van der Waals surface area contributed by atoms with E-state index in [9.17, 15) is 0 Å². The van der Waals surface area contributed by atoms with E-state index in [-0.39, 0.29) is 0 Å². The Morgan fingerprint density at radius 3 is 2.30 bits per heavy atom. The van der Waals surface area contributed by atoms with Crippen molar-refractivity contribution in [1.29, 1.82) is 5.41 Å². The molecule has 1 N–H and O–H groups in total. The Morgan fingerprint density at radius 1 is 1.09 bits per heavy atom. The van der Waals surface area contributed by atoms with Crippen LogP contribution in [0.25, 0.3) is 5.57 Å². The second kappa shape index (κ2) is 8.67. The van der Waals surface area contributed by atoms with Gasteiger partial charge in [0.15, 0.2) is 0 Å². The van der Waals surface area contributed by atoms with Gasteiger partial charge in [0.05, 0.1) is 0 Å². The van der Waals surface area contributed by atoms with Crippen LogP contribution in [0.2, 0.25) is 0 Å². The molecule has 0 saturated carbocycles. The molecule has 1 aliphatic rings. The number of rotatable bonds is 7. The van der Waals surface area contributed by atoms with Crippen LogP contribution in [0.15, 0.2) is 53.6 Å². The summed E-state index contributed by atoms with van der Waals surface area (Å²) >= 11 is 0. The van der Waals surface area contributed by atoms with Gasteiger partial charge in [-0.25, -0.2) is 0 Å². The zero-order valence-corrected chi connectivity index (χ0v) is 14.7. The van der Waals surface area contributed by atoms with Gasteiger partial charge in [0.2, 0.25) is 0 Å². The molecule has 0 bridgehead atoms. The minimum absolute atomic E-state index is 0.677. The molecule has 0 amide bonds. The molecule has 122 valence electrons. The molecule has 0 heterocycles. The van der Waals surface area contributed by atoms with E-state index in [1.54, 1.807) is 0 Å². The first-order chi connectivity index (χ1) is 11.1. The summed E-state index contributed by atoms with van der Waals surface area (Å²) in [6.45, 7) is 6.71. The van der Waals surface area contributed by atoms with Crippen LogP contribution in [0, 0.1) is 11.3 Å². The van der Waals surface area contributed by atoms with E-state index in [0.717, 1.165) is 36.8 Å². The number of hydrogen-bond acceptors (Lipinski definition) is 1. The maximum absolute atomic E-state index is 7.75. The predicted molar refractivity (Wildman–Crippen MR) is 102 cm³/mol. The van der Waals surface area contributed by atoms with Crippen molar-refractivity contribution in [2.75, 3.05) is 0 Å². The van der Waals surface area contributed by atoms with Crippen LogP contribution in [0.3, 0.4) is 0 Å². The van der Waals surface area contributed by atoms with Gasteiger partial charge in [-0.05, 0) is 65.9 Å². The molecular formula is C22H29N. The number of hydrogen-bond donors (Lipinski definition) is 1. The van der Waals surface area contributed by atoms with Gasteiger partial charge in [0.25, 0.3) is 0 Å². The Labute approximate surface area is 141 Å². The molecule has 0 saturated heterocycles. The number of nitrogens with one attached hydrogen (secondary N) is 1. The van der Waals surface area contributed by atoms with Gasteiger partial charge >= 0.3 is 0 Å². The van der Waals surface area contributed by atoms with E-state index in [0.29, 0.717) is 5.92 Å². The summed E-state index contributed by atoms with van der Waals surface area (Å²) in [7, 11) is 0. The van der Waals surface area contributed by atoms with Crippen molar-refractivity contribution in [1.82, 2.24) is 0 Å². The van der Waals surface area contributed by atoms with Gasteiger partial charge in [-0.15, -0.1) is 0 Å². The highest BCUT2D eigenvalue weighted by atomic mass is 14.3. The van der Waals surface area contributed by atoms with E-state index in [4.69, 9.17) is 5.41 Å². The molecule has 2 rings (SSSR count). The molecule has 0 aliphatic heterocycles. The minimum Gasteiger partial charge on any atom is -0.308 e. The van der Waals surface area contributed by atoms with Crippen LogP contribution in [0.4, 0.5) is 0 Å². The van der Waals surface area contributed by atoms with Gasteiger partial charge < -0.3 is 5.41 Å². The molecule has 0 aromatic heterocycles. The van der Waals surface area contributed by atoms with Gasteiger partial charge in [-0.3, -0.25) is 0 Å². The lowest BCUT2D eigenvalue weighted by molar-refractivity contribution is 0.647. The summed E-state index contributed by atoms with van der Waals surface area (Å²) in [6.07, 6.45) is 13.9. The third kappa shape index (κ3) is 5.06. The fourth-order valence-electron chi connectivity index (χ4n) is 3.15. The normalized spacial score (nSPS) is 15.4. The summed E-state index contributed by atoms with van der Waals surface area (Å²) in [4.78, 5) is 0. The van der Waals surface area contributed by atoms with Crippen molar-refractivity contribution < 1.29 is 0 Å². The van der Waals surface area contributed by atoms with Gasteiger partial charge in [0, 0.05) is 6.21 Å². The molecule has 1 aromatic rings. The van der Waals surface area contributed by atoms with E-state index in [2.05, 4.69) is 63.3 Å². The lowest BCUT2D eigenvalue weighted by Gasteiger charge is -2.14. The van der Waals surface area contributed by atoms with Crippen LogP contribution >= 0.6 is 0 Å². The summed E-state index contributed by atoms with van der Waals surface area (Å²) in [5.74, 6) is 0.677. The smallest absolute Gasteiger partial charge is 0.0253 e. The highest BCUT2D eigenvalue weighted by molar-refractivity contribution is 6.08. The number of allylic oxidation sites excluding steroid dienone is 6. The Kier molecular flexibility index (Phi) is 6.58. The van der Waals surface area contributed by atoms with Crippen molar-refractivity contribution in [2.45, 2.75) is 52.9 Å². The lowest BCUT2D eigenvalue weighted by Crippen LogP contribution is -1.96. The molecule has 0 spiro atoms. The van der Waals surface area contributed by atoms with Gasteiger partial charge in [0.1, 0.15) is 0 Å². The maximum atomic E-state index is 7.75. The molecule has 1 heteroatoms. The van der Waals surface area contributed by atoms with Crippen molar-refractivity contribution in [2.24, 2.45) is 5.92 Å². The first-order valence-electron chi connectivity index (χ1n) is 8.82. The van der Waals surface area contributed by atoms with E-state index in [1.165, 1.54) is 29.3 Å². The second-order valence-corrected chi connectivity index (χ2v) is 6.69. The highest BCUT2D eigenvalue weighted by Gasteiger charge is 2.07. The average molecular weight is 307 g/mol.